The van der Waals surface area contributed by atoms with Crippen molar-refractivity contribution < 1.29 is 19.4 Å². The van der Waals surface area contributed by atoms with Gasteiger partial charge in [-0.05, 0) is 42.0 Å². The lowest BCUT2D eigenvalue weighted by Gasteiger charge is -2.26. The van der Waals surface area contributed by atoms with Crippen LogP contribution in [0.3, 0.4) is 0 Å². The number of H-pyrrole nitrogens is 1. The van der Waals surface area contributed by atoms with Crippen molar-refractivity contribution in [1.29, 1.82) is 0 Å². The SMILES string of the molecule is COc1cccc(N2C(=O)C(=O)/C(=C(/O)c3ccc4ccccc4c3)C2c2c(C)[nH]c3ccccc23)c1. The maximum atomic E-state index is 13.6. The van der Waals surface area contributed by atoms with Crippen LogP contribution >= 0.6 is 0 Å². The number of anilines is 1. The van der Waals surface area contributed by atoms with Crippen LogP contribution < -0.4 is 9.64 Å². The Morgan fingerprint density at radius 1 is 0.892 bits per heavy atom. The van der Waals surface area contributed by atoms with Gasteiger partial charge in [-0.15, -0.1) is 0 Å². The number of para-hydroxylation sites is 1. The summed E-state index contributed by atoms with van der Waals surface area (Å²) in [5.74, 6) is -1.08. The number of Topliss-reactive ketones (excluding diaryl/α,β-unsaturated/α-hetero) is 1. The molecule has 1 aliphatic heterocycles. The Hall–Kier alpha value is -4.84. The number of aryl methyl sites for hydroxylation is 1. The lowest BCUT2D eigenvalue weighted by Crippen LogP contribution is -2.29. The number of ketones is 1. The first kappa shape index (κ1) is 22.6. The molecule has 6 nitrogen and oxygen atoms in total. The molecule has 1 aliphatic rings. The Morgan fingerprint density at radius 3 is 2.46 bits per heavy atom. The van der Waals surface area contributed by atoms with E-state index in [0.29, 0.717) is 17.0 Å². The molecule has 182 valence electrons. The van der Waals surface area contributed by atoms with Crippen LogP contribution in [0.1, 0.15) is 22.9 Å². The van der Waals surface area contributed by atoms with E-state index in [1.165, 1.54) is 4.90 Å². The fraction of sp³-hybridized carbons (Fsp3) is 0.0968. The van der Waals surface area contributed by atoms with Crippen molar-refractivity contribution in [3.05, 3.63) is 113 Å². The Kier molecular flexibility index (Phi) is 5.30. The smallest absolute Gasteiger partial charge is 0.300 e. The van der Waals surface area contributed by atoms with Crippen molar-refractivity contribution in [1.82, 2.24) is 4.98 Å². The minimum atomic E-state index is -0.838. The number of carbonyl (C=O) groups is 2. The quantitative estimate of drug-likeness (QED) is 0.178. The van der Waals surface area contributed by atoms with Crippen molar-refractivity contribution in [3.63, 3.8) is 0 Å². The highest BCUT2D eigenvalue weighted by Gasteiger charge is 2.48. The second-order valence-electron chi connectivity index (χ2n) is 9.14. The Labute approximate surface area is 213 Å². The maximum Gasteiger partial charge on any atom is 0.300 e. The van der Waals surface area contributed by atoms with E-state index in [2.05, 4.69) is 4.98 Å². The van der Waals surface area contributed by atoms with Crippen LogP contribution in [0.4, 0.5) is 5.69 Å². The number of carbonyl (C=O) groups excluding carboxylic acids is 2. The first-order chi connectivity index (χ1) is 18.0. The molecule has 6 rings (SSSR count). The molecule has 1 saturated heterocycles. The maximum absolute atomic E-state index is 13.6. The normalized spacial score (nSPS) is 17.1. The molecule has 0 saturated carbocycles. The Balaban J connectivity index is 1.63. The molecule has 1 atom stereocenters. The molecule has 1 fully saturated rings. The van der Waals surface area contributed by atoms with Crippen molar-refractivity contribution >= 4 is 44.8 Å². The van der Waals surface area contributed by atoms with E-state index < -0.39 is 17.7 Å². The lowest BCUT2D eigenvalue weighted by atomic mass is 9.92. The third-order valence-corrected chi connectivity index (χ3v) is 7.02. The predicted octanol–water partition coefficient (Wildman–Crippen LogP) is 6.26. The van der Waals surface area contributed by atoms with Crippen LogP contribution in [0, 0.1) is 6.92 Å². The second-order valence-corrected chi connectivity index (χ2v) is 9.14. The van der Waals surface area contributed by atoms with Gasteiger partial charge in [0.1, 0.15) is 11.5 Å². The molecule has 37 heavy (non-hydrogen) atoms. The number of nitrogens with one attached hydrogen (secondary N) is 1. The van der Waals surface area contributed by atoms with Gasteiger partial charge in [-0.2, -0.15) is 0 Å². The molecular formula is C31H24N2O4. The van der Waals surface area contributed by atoms with Crippen molar-refractivity contribution in [2.45, 2.75) is 13.0 Å². The average molecular weight is 489 g/mol. The summed E-state index contributed by atoms with van der Waals surface area (Å²) in [6.45, 7) is 1.91. The number of rotatable bonds is 4. The van der Waals surface area contributed by atoms with Gasteiger partial charge in [0.05, 0.1) is 18.7 Å². The van der Waals surface area contributed by atoms with E-state index in [9.17, 15) is 14.7 Å². The fourth-order valence-electron chi connectivity index (χ4n) is 5.28. The van der Waals surface area contributed by atoms with E-state index in [1.807, 2.05) is 67.6 Å². The van der Waals surface area contributed by atoms with Crippen LogP contribution in [0.2, 0.25) is 0 Å². The number of nitrogens with zero attached hydrogens (tertiary/aromatic N) is 1. The zero-order valence-corrected chi connectivity index (χ0v) is 20.4. The summed E-state index contributed by atoms with van der Waals surface area (Å²) in [7, 11) is 1.55. The Morgan fingerprint density at radius 2 is 1.65 bits per heavy atom. The summed E-state index contributed by atoms with van der Waals surface area (Å²) in [6, 6.07) is 27.3. The number of hydrogen-bond acceptors (Lipinski definition) is 4. The van der Waals surface area contributed by atoms with Gasteiger partial charge in [0.25, 0.3) is 11.7 Å². The lowest BCUT2D eigenvalue weighted by molar-refractivity contribution is -0.132. The number of aliphatic hydroxyl groups excluding tert-OH is 1. The predicted molar refractivity (Wildman–Crippen MR) is 145 cm³/mol. The highest BCUT2D eigenvalue weighted by molar-refractivity contribution is 6.52. The molecule has 0 aliphatic carbocycles. The summed E-state index contributed by atoms with van der Waals surface area (Å²) in [6.07, 6.45) is 0. The van der Waals surface area contributed by atoms with Crippen molar-refractivity contribution in [2.24, 2.45) is 0 Å². The van der Waals surface area contributed by atoms with E-state index in [-0.39, 0.29) is 11.3 Å². The molecule has 0 radical (unpaired) electrons. The summed E-state index contributed by atoms with van der Waals surface area (Å²) >= 11 is 0. The van der Waals surface area contributed by atoms with Crippen molar-refractivity contribution in [2.75, 3.05) is 12.0 Å². The molecule has 2 heterocycles. The van der Waals surface area contributed by atoms with Gasteiger partial charge < -0.3 is 14.8 Å². The molecule has 0 spiro atoms. The number of benzene rings is 4. The molecular weight excluding hydrogens is 464 g/mol. The fourth-order valence-corrected chi connectivity index (χ4v) is 5.28. The molecule has 1 aromatic heterocycles. The van der Waals surface area contributed by atoms with Crippen molar-refractivity contribution in [3.8, 4) is 5.75 Å². The number of hydrogen-bond donors (Lipinski definition) is 2. The van der Waals surface area contributed by atoms with Crippen LogP contribution in [-0.2, 0) is 9.59 Å². The van der Waals surface area contributed by atoms with E-state index in [1.54, 1.807) is 37.4 Å². The number of aromatic amines is 1. The van der Waals surface area contributed by atoms with Crippen LogP contribution in [0.25, 0.3) is 27.4 Å². The van der Waals surface area contributed by atoms with E-state index >= 15 is 0 Å². The van der Waals surface area contributed by atoms with Gasteiger partial charge in [-0.1, -0.05) is 60.7 Å². The third-order valence-electron chi connectivity index (χ3n) is 7.02. The highest BCUT2D eigenvalue weighted by atomic mass is 16.5. The first-order valence-electron chi connectivity index (χ1n) is 12.0. The number of aromatic nitrogens is 1. The zero-order valence-electron chi connectivity index (χ0n) is 20.4. The van der Waals surface area contributed by atoms with E-state index in [4.69, 9.17) is 4.74 Å². The highest BCUT2D eigenvalue weighted by Crippen LogP contribution is 2.46. The number of aliphatic hydroxyl groups is 1. The van der Waals surface area contributed by atoms with Gasteiger partial charge in [0.2, 0.25) is 0 Å². The topological polar surface area (TPSA) is 82.6 Å². The summed E-state index contributed by atoms with van der Waals surface area (Å²) < 4.78 is 5.39. The minimum Gasteiger partial charge on any atom is -0.507 e. The number of ether oxygens (including phenoxy) is 1. The van der Waals surface area contributed by atoms with E-state index in [0.717, 1.165) is 32.9 Å². The molecule has 4 aromatic carbocycles. The number of fused-ring (bicyclic) bond motifs is 2. The zero-order chi connectivity index (χ0) is 25.7. The molecule has 1 unspecified atom stereocenters. The van der Waals surface area contributed by atoms with Gasteiger partial charge in [-0.3, -0.25) is 14.5 Å². The molecule has 1 amide bonds. The molecule has 0 bridgehead atoms. The molecule has 2 N–H and O–H groups in total. The second kappa shape index (κ2) is 8.68. The first-order valence-corrected chi connectivity index (χ1v) is 12.0. The van der Waals surface area contributed by atoms with Crippen LogP contribution in [0.15, 0.2) is 96.6 Å². The van der Waals surface area contributed by atoms with Gasteiger partial charge >= 0.3 is 0 Å². The molecule has 6 heteroatoms. The summed E-state index contributed by atoms with van der Waals surface area (Å²) in [4.78, 5) is 32.1. The van der Waals surface area contributed by atoms with Crippen LogP contribution in [0.5, 0.6) is 5.75 Å². The molecule has 5 aromatic rings. The average Bonchev–Trinajstić information content (AvgIpc) is 3.39. The van der Waals surface area contributed by atoms with Gasteiger partial charge in [0.15, 0.2) is 0 Å². The number of amides is 1. The van der Waals surface area contributed by atoms with Gasteiger partial charge in [0, 0.05) is 39.5 Å². The minimum absolute atomic E-state index is 0.0518. The largest absolute Gasteiger partial charge is 0.507 e. The number of methoxy groups -OCH3 is 1. The third kappa shape index (κ3) is 3.57. The standard InChI is InChI=1S/C31H24N2O4/c1-18-26(24-12-5-6-13-25(24)32-18)28-27(29(34)21-15-14-19-8-3-4-9-20(19)16-21)30(35)31(36)33(28)22-10-7-11-23(17-22)37-2/h3-17,28,32,34H,1-2H3/b29-27+. The van der Waals surface area contributed by atoms with Crippen LogP contribution in [-0.4, -0.2) is 28.9 Å². The summed E-state index contributed by atoms with van der Waals surface area (Å²) in [5, 5.41) is 14.4. The monoisotopic (exact) mass is 488 g/mol. The van der Waals surface area contributed by atoms with Gasteiger partial charge in [-0.25, -0.2) is 0 Å². The summed E-state index contributed by atoms with van der Waals surface area (Å²) in [5.41, 5.74) is 3.50. The Bertz CT molecular complexity index is 1750.